The smallest absolute Gasteiger partial charge is 0.129 e. The van der Waals surface area contributed by atoms with Crippen molar-refractivity contribution in [2.45, 2.75) is 13.5 Å². The molecule has 0 fully saturated rings. The van der Waals surface area contributed by atoms with Gasteiger partial charge in [0, 0.05) is 33.3 Å². The lowest BCUT2D eigenvalue weighted by molar-refractivity contribution is 0.613. The lowest BCUT2D eigenvalue weighted by Crippen LogP contribution is -2.04. The number of halogens is 4. The van der Waals surface area contributed by atoms with Gasteiger partial charge < -0.3 is 5.32 Å². The highest BCUT2D eigenvalue weighted by Gasteiger charge is 2.12. The number of aromatic nitrogens is 1. The number of para-hydroxylation sites is 1. The van der Waals surface area contributed by atoms with Crippen LogP contribution in [0.4, 0.5) is 10.1 Å². The van der Waals surface area contributed by atoms with Crippen LogP contribution in [0.3, 0.4) is 0 Å². The predicted octanol–water partition coefficient (Wildman–Crippen LogP) is 6.36. The molecule has 0 bridgehead atoms. The molecule has 1 N–H and O–H groups in total. The number of rotatable bonds is 3. The molecule has 0 saturated carbocycles. The number of hydrogen-bond acceptors (Lipinski definition) is 2. The molecule has 0 radical (unpaired) electrons. The van der Waals surface area contributed by atoms with Gasteiger partial charge in [-0.3, -0.25) is 4.98 Å². The quantitative estimate of drug-likeness (QED) is 0.505. The van der Waals surface area contributed by atoms with Crippen molar-refractivity contribution in [2.24, 2.45) is 0 Å². The Bertz CT molecular complexity index is 899. The van der Waals surface area contributed by atoms with Crippen LogP contribution in [-0.4, -0.2) is 4.98 Å². The Hall–Kier alpha value is -1.36. The third-order valence-electron chi connectivity index (χ3n) is 3.51. The van der Waals surface area contributed by atoms with Crippen LogP contribution < -0.4 is 5.32 Å². The van der Waals surface area contributed by atoms with Crippen LogP contribution in [0, 0.1) is 12.7 Å². The molecule has 2 nitrogen and oxygen atoms in total. The van der Waals surface area contributed by atoms with Gasteiger partial charge >= 0.3 is 0 Å². The van der Waals surface area contributed by atoms with E-state index in [0.29, 0.717) is 10.6 Å². The van der Waals surface area contributed by atoms with Crippen LogP contribution in [0.1, 0.15) is 11.3 Å². The number of anilines is 1. The average Bonchev–Trinajstić information content (AvgIpc) is 2.52. The highest BCUT2D eigenvalue weighted by Crippen LogP contribution is 2.31. The summed E-state index contributed by atoms with van der Waals surface area (Å²) in [6, 6.07) is 10.5. The van der Waals surface area contributed by atoms with Gasteiger partial charge in [-0.1, -0.05) is 35.3 Å². The number of hydrogen-bond donors (Lipinski definition) is 1. The van der Waals surface area contributed by atoms with Crippen molar-refractivity contribution in [1.29, 1.82) is 0 Å². The van der Waals surface area contributed by atoms with Gasteiger partial charge in [0.2, 0.25) is 0 Å². The third-order valence-corrected chi connectivity index (χ3v) is 5.00. The van der Waals surface area contributed by atoms with E-state index in [-0.39, 0.29) is 17.4 Å². The molecule has 2 aromatic carbocycles. The van der Waals surface area contributed by atoms with Crippen molar-refractivity contribution in [1.82, 2.24) is 4.98 Å². The van der Waals surface area contributed by atoms with Gasteiger partial charge in [0.25, 0.3) is 0 Å². The maximum atomic E-state index is 14.0. The van der Waals surface area contributed by atoms with E-state index in [2.05, 4.69) is 26.2 Å². The maximum Gasteiger partial charge on any atom is 0.129 e. The number of fused-ring (bicyclic) bond motifs is 1. The summed E-state index contributed by atoms with van der Waals surface area (Å²) in [7, 11) is 0. The van der Waals surface area contributed by atoms with E-state index >= 15 is 0 Å². The number of nitrogens with one attached hydrogen (secondary N) is 1. The number of benzene rings is 2. The monoisotopic (exact) mass is 412 g/mol. The minimum atomic E-state index is -0.386. The summed E-state index contributed by atoms with van der Waals surface area (Å²) in [6.45, 7) is 2.15. The van der Waals surface area contributed by atoms with Crippen molar-refractivity contribution in [3.05, 3.63) is 68.0 Å². The molecule has 3 aromatic rings. The van der Waals surface area contributed by atoms with Gasteiger partial charge in [-0.2, -0.15) is 0 Å². The fourth-order valence-corrected chi connectivity index (χ4v) is 3.25. The van der Waals surface area contributed by atoms with Crippen molar-refractivity contribution in [3.63, 3.8) is 0 Å². The van der Waals surface area contributed by atoms with Crippen LogP contribution in [0.25, 0.3) is 10.9 Å². The molecular formula is C17H12BrCl2FN2. The fraction of sp³-hybridized carbons (Fsp3) is 0.118. The second-order valence-electron chi connectivity index (χ2n) is 5.12. The lowest BCUT2D eigenvalue weighted by atomic mass is 10.1. The Labute approximate surface area is 151 Å². The van der Waals surface area contributed by atoms with Crippen LogP contribution in [0.5, 0.6) is 0 Å². The van der Waals surface area contributed by atoms with Gasteiger partial charge in [-0.25, -0.2) is 4.39 Å². The molecule has 0 amide bonds. The molecule has 6 heteroatoms. The number of pyridine rings is 1. The SMILES string of the molecule is Cc1cc(NCc2c(F)ccc(Cl)c2Cl)c2cccc(Br)c2n1. The van der Waals surface area contributed by atoms with Crippen LogP contribution in [0.15, 0.2) is 40.9 Å². The highest BCUT2D eigenvalue weighted by atomic mass is 79.9. The zero-order valence-corrected chi connectivity index (χ0v) is 15.2. The summed E-state index contributed by atoms with van der Waals surface area (Å²) in [5, 5.41) is 4.75. The summed E-state index contributed by atoms with van der Waals surface area (Å²) >= 11 is 15.6. The number of aryl methyl sites for hydroxylation is 1. The van der Waals surface area contributed by atoms with E-state index in [1.54, 1.807) is 0 Å². The van der Waals surface area contributed by atoms with Gasteiger partial charge in [-0.05, 0) is 47.1 Å². The first-order chi connectivity index (χ1) is 11.0. The first-order valence-electron chi connectivity index (χ1n) is 6.89. The van der Waals surface area contributed by atoms with Crippen molar-refractivity contribution in [2.75, 3.05) is 5.32 Å². The molecule has 1 heterocycles. The molecule has 23 heavy (non-hydrogen) atoms. The van der Waals surface area contributed by atoms with Crippen molar-refractivity contribution < 1.29 is 4.39 Å². The normalized spacial score (nSPS) is 11.0. The molecule has 0 spiro atoms. The Morgan fingerprint density at radius 1 is 1.22 bits per heavy atom. The minimum Gasteiger partial charge on any atom is -0.380 e. The Morgan fingerprint density at radius 2 is 2.00 bits per heavy atom. The predicted molar refractivity (Wildman–Crippen MR) is 97.9 cm³/mol. The summed E-state index contributed by atoms with van der Waals surface area (Å²) in [4.78, 5) is 4.53. The average molecular weight is 414 g/mol. The Balaban J connectivity index is 2.00. The van der Waals surface area contributed by atoms with Gasteiger partial charge in [0.1, 0.15) is 5.82 Å². The van der Waals surface area contributed by atoms with E-state index in [1.807, 2.05) is 31.2 Å². The van der Waals surface area contributed by atoms with Crippen LogP contribution in [0.2, 0.25) is 10.0 Å². The Morgan fingerprint density at radius 3 is 2.78 bits per heavy atom. The topological polar surface area (TPSA) is 24.9 Å². The molecule has 0 atom stereocenters. The first kappa shape index (κ1) is 16.5. The molecular weight excluding hydrogens is 402 g/mol. The summed E-state index contributed by atoms with van der Waals surface area (Å²) in [5.41, 5.74) is 2.93. The molecule has 3 rings (SSSR count). The van der Waals surface area contributed by atoms with Crippen LogP contribution in [-0.2, 0) is 6.54 Å². The second-order valence-corrected chi connectivity index (χ2v) is 6.76. The van der Waals surface area contributed by atoms with E-state index in [9.17, 15) is 4.39 Å². The van der Waals surface area contributed by atoms with E-state index in [0.717, 1.165) is 26.8 Å². The first-order valence-corrected chi connectivity index (χ1v) is 8.44. The fourth-order valence-electron chi connectivity index (χ4n) is 2.40. The second kappa shape index (κ2) is 6.63. The molecule has 0 saturated heterocycles. The molecule has 118 valence electrons. The largest absolute Gasteiger partial charge is 0.380 e. The number of nitrogens with zero attached hydrogens (tertiary/aromatic N) is 1. The maximum absolute atomic E-state index is 14.0. The molecule has 1 aromatic heterocycles. The third kappa shape index (κ3) is 3.30. The highest BCUT2D eigenvalue weighted by molar-refractivity contribution is 9.10. The van der Waals surface area contributed by atoms with E-state index < -0.39 is 0 Å². The summed E-state index contributed by atoms with van der Waals surface area (Å²) < 4.78 is 14.9. The van der Waals surface area contributed by atoms with Crippen molar-refractivity contribution >= 4 is 55.7 Å². The lowest BCUT2D eigenvalue weighted by Gasteiger charge is -2.13. The molecule has 0 aliphatic rings. The molecule has 0 aliphatic heterocycles. The standard InChI is InChI=1S/C17H12BrCl2FN2/c1-9-7-15(10-3-2-4-12(18)17(10)23-9)22-8-11-14(21)6-5-13(19)16(11)20/h2-7H,8H2,1H3,(H,22,23). The zero-order valence-electron chi connectivity index (χ0n) is 12.1. The molecule has 0 aliphatic carbocycles. The summed E-state index contributed by atoms with van der Waals surface area (Å²) in [5.74, 6) is -0.386. The van der Waals surface area contributed by atoms with Crippen LogP contribution >= 0.6 is 39.1 Å². The van der Waals surface area contributed by atoms with E-state index in [1.165, 1.54) is 12.1 Å². The zero-order chi connectivity index (χ0) is 16.6. The molecule has 0 unspecified atom stereocenters. The van der Waals surface area contributed by atoms with Gasteiger partial charge in [-0.15, -0.1) is 0 Å². The van der Waals surface area contributed by atoms with E-state index in [4.69, 9.17) is 23.2 Å². The van der Waals surface area contributed by atoms with Crippen molar-refractivity contribution in [3.8, 4) is 0 Å². The minimum absolute atomic E-state index is 0.232. The van der Waals surface area contributed by atoms with Gasteiger partial charge in [0.05, 0.1) is 15.6 Å². The Kier molecular flexibility index (Phi) is 4.76. The summed E-state index contributed by atoms with van der Waals surface area (Å²) in [6.07, 6.45) is 0. The van der Waals surface area contributed by atoms with Gasteiger partial charge in [0.15, 0.2) is 0 Å².